The van der Waals surface area contributed by atoms with Crippen LogP contribution in [0.3, 0.4) is 0 Å². The summed E-state index contributed by atoms with van der Waals surface area (Å²) in [7, 11) is 0. The van der Waals surface area contributed by atoms with Gasteiger partial charge in [0.05, 0.1) is 12.0 Å². The number of ketones is 1. The molecule has 0 aromatic heterocycles. The number of esters is 1. The van der Waals surface area contributed by atoms with Gasteiger partial charge in [-0.25, -0.2) is 0 Å². The van der Waals surface area contributed by atoms with Gasteiger partial charge in [0.2, 0.25) is 0 Å². The molecule has 3 fully saturated rings. The van der Waals surface area contributed by atoms with E-state index in [9.17, 15) is 24.6 Å². The van der Waals surface area contributed by atoms with Crippen LogP contribution in [0.1, 0.15) is 40.4 Å². The molecule has 1 aromatic rings. The molecule has 0 unspecified atom stereocenters. The molecule has 0 amide bonds. The Morgan fingerprint density at radius 1 is 1.24 bits per heavy atom. The van der Waals surface area contributed by atoms with Crippen LogP contribution in [-0.2, 0) is 21.6 Å². The molecular formula is C19H18O6. The molecule has 6 nitrogen and oxygen atoms in total. The van der Waals surface area contributed by atoms with Crippen LogP contribution >= 0.6 is 0 Å². The smallest absolute Gasteiger partial charge is 0.316 e. The molecule has 6 rings (SSSR count). The van der Waals surface area contributed by atoms with Gasteiger partial charge in [-0.05, 0) is 48.6 Å². The molecule has 1 spiro atoms. The van der Waals surface area contributed by atoms with Gasteiger partial charge < -0.3 is 14.9 Å². The molecule has 2 aliphatic heterocycles. The largest absolute Gasteiger partial charge is 0.458 e. The average Bonchev–Trinajstić information content (AvgIpc) is 2.68. The van der Waals surface area contributed by atoms with Gasteiger partial charge in [0.15, 0.2) is 11.2 Å². The van der Waals surface area contributed by atoms with E-state index in [0.29, 0.717) is 28.7 Å². The van der Waals surface area contributed by atoms with Crippen molar-refractivity contribution < 1.29 is 24.5 Å². The average molecular weight is 342 g/mol. The van der Waals surface area contributed by atoms with Crippen molar-refractivity contribution in [2.45, 2.75) is 44.5 Å². The van der Waals surface area contributed by atoms with E-state index in [4.69, 9.17) is 4.74 Å². The third kappa shape index (κ3) is 1.33. The van der Waals surface area contributed by atoms with Crippen LogP contribution in [0, 0.1) is 24.2 Å². The van der Waals surface area contributed by atoms with Gasteiger partial charge >= 0.3 is 5.97 Å². The minimum atomic E-state index is -1.72. The van der Waals surface area contributed by atoms with E-state index in [1.807, 2.05) is 0 Å². The Morgan fingerprint density at radius 2 is 1.96 bits per heavy atom. The third-order valence-electron chi connectivity index (χ3n) is 7.03. The topological polar surface area (TPSA) is 101 Å². The first-order chi connectivity index (χ1) is 11.7. The van der Waals surface area contributed by atoms with Gasteiger partial charge in [-0.3, -0.25) is 14.4 Å². The highest BCUT2D eigenvalue weighted by Gasteiger charge is 2.80. The van der Waals surface area contributed by atoms with Crippen molar-refractivity contribution in [2.24, 2.45) is 17.3 Å². The number of carbonyl (C=O) groups excluding carboxylic acids is 2. The van der Waals surface area contributed by atoms with Crippen LogP contribution in [0.2, 0.25) is 0 Å². The third-order valence-corrected chi connectivity index (χ3v) is 7.03. The summed E-state index contributed by atoms with van der Waals surface area (Å²) in [6.45, 7) is 3.40. The first-order valence-corrected chi connectivity index (χ1v) is 8.59. The number of aliphatic hydroxyl groups is 2. The van der Waals surface area contributed by atoms with Crippen LogP contribution in [0.4, 0.5) is 0 Å². The summed E-state index contributed by atoms with van der Waals surface area (Å²) in [6, 6.07) is 2.85. The lowest BCUT2D eigenvalue weighted by atomic mass is 9.46. The van der Waals surface area contributed by atoms with Crippen LogP contribution in [0.15, 0.2) is 16.9 Å². The molecule has 5 aliphatic rings. The van der Waals surface area contributed by atoms with E-state index in [2.05, 4.69) is 0 Å². The molecular weight excluding hydrogens is 324 g/mol. The molecule has 2 N–H and O–H groups in total. The SMILES string of the molecule is Cc1cc(=O)cc2c3c1C(=O)[C@@H]1[C@H]4OC(=O)[C@](CC2)([C@H](C)[C@@H]4O)[C@@]31O. The zero-order valence-corrected chi connectivity index (χ0v) is 13.9. The van der Waals surface area contributed by atoms with E-state index in [1.54, 1.807) is 13.8 Å². The number of hydrogen-bond donors (Lipinski definition) is 2. The van der Waals surface area contributed by atoms with Crippen molar-refractivity contribution in [3.05, 3.63) is 44.6 Å². The molecule has 1 aromatic carbocycles. The van der Waals surface area contributed by atoms with Crippen LogP contribution in [-0.4, -0.2) is 34.2 Å². The van der Waals surface area contributed by atoms with Crippen molar-refractivity contribution in [3.63, 3.8) is 0 Å². The lowest BCUT2D eigenvalue weighted by Crippen LogP contribution is -2.75. The molecule has 2 heterocycles. The van der Waals surface area contributed by atoms with Crippen LogP contribution in [0.5, 0.6) is 0 Å². The maximum Gasteiger partial charge on any atom is 0.316 e. The number of aliphatic hydroxyl groups excluding tert-OH is 1. The Labute approximate surface area is 143 Å². The zero-order chi connectivity index (χ0) is 17.9. The maximum atomic E-state index is 13.2. The van der Waals surface area contributed by atoms with Gasteiger partial charge in [0.25, 0.3) is 0 Å². The molecule has 6 atom stereocenters. The van der Waals surface area contributed by atoms with Gasteiger partial charge in [-0.1, -0.05) is 6.92 Å². The Bertz CT molecular complexity index is 936. The molecule has 0 radical (unpaired) electrons. The van der Waals surface area contributed by atoms with Gasteiger partial charge in [-0.2, -0.15) is 0 Å². The molecule has 1 saturated carbocycles. The summed E-state index contributed by atoms with van der Waals surface area (Å²) >= 11 is 0. The second-order valence-corrected chi connectivity index (χ2v) is 7.88. The summed E-state index contributed by atoms with van der Waals surface area (Å²) < 4.78 is 5.43. The summed E-state index contributed by atoms with van der Waals surface area (Å²) in [4.78, 5) is 38.2. The maximum absolute atomic E-state index is 13.2. The van der Waals surface area contributed by atoms with Crippen molar-refractivity contribution >= 4 is 11.8 Å². The highest BCUT2D eigenvalue weighted by Crippen LogP contribution is 2.68. The van der Waals surface area contributed by atoms with Crippen molar-refractivity contribution in [2.75, 3.05) is 0 Å². The molecule has 25 heavy (non-hydrogen) atoms. The number of rotatable bonds is 0. The summed E-state index contributed by atoms with van der Waals surface area (Å²) in [5, 5.41) is 22.5. The van der Waals surface area contributed by atoms with Crippen molar-refractivity contribution in [3.8, 4) is 0 Å². The van der Waals surface area contributed by atoms with Crippen LogP contribution < -0.4 is 5.43 Å². The van der Waals surface area contributed by atoms with E-state index >= 15 is 0 Å². The number of hydrogen-bond acceptors (Lipinski definition) is 6. The van der Waals surface area contributed by atoms with E-state index in [0.717, 1.165) is 0 Å². The van der Waals surface area contributed by atoms with Crippen molar-refractivity contribution in [1.82, 2.24) is 0 Å². The highest BCUT2D eigenvalue weighted by molar-refractivity contribution is 6.08. The lowest BCUT2D eigenvalue weighted by molar-refractivity contribution is -0.293. The Hall–Kier alpha value is -2.05. The fraction of sp³-hybridized carbons (Fsp3) is 0.526. The number of carbonyl (C=O) groups is 2. The van der Waals surface area contributed by atoms with E-state index in [1.165, 1.54) is 12.1 Å². The quantitative estimate of drug-likeness (QED) is 0.654. The second kappa shape index (κ2) is 4.19. The number of aryl methyl sites for hydroxylation is 2. The summed E-state index contributed by atoms with van der Waals surface area (Å²) in [5.74, 6) is -2.44. The Morgan fingerprint density at radius 3 is 2.68 bits per heavy atom. The predicted molar refractivity (Wildman–Crippen MR) is 85.0 cm³/mol. The standard InChI is InChI=1S/C19H18O6/c1-7-5-10(20)6-9-3-4-18-8(2)14(21)16(25-17(18)23)13-15(22)11(7)12(9)19(13,18)24/h5-6,8,13-14,16,21,24H,3-4H2,1-2H3/t8-,13-,14+,16-,18+,19-/m1/s1. The fourth-order valence-electron chi connectivity index (χ4n) is 5.95. The molecule has 2 bridgehead atoms. The first-order valence-electron chi connectivity index (χ1n) is 8.59. The summed E-state index contributed by atoms with van der Waals surface area (Å²) in [6.07, 6.45) is -1.43. The Balaban J connectivity index is 1.97. The number of Topliss-reactive ketones (excluding diaryl/α,β-unsaturated/α-hetero) is 1. The highest BCUT2D eigenvalue weighted by atomic mass is 16.6. The normalized spacial score (nSPS) is 43.0. The number of fused-ring (bicyclic) bond motifs is 2. The van der Waals surface area contributed by atoms with E-state index < -0.39 is 41.0 Å². The first kappa shape index (κ1) is 15.2. The van der Waals surface area contributed by atoms with Crippen molar-refractivity contribution in [1.29, 1.82) is 0 Å². The Kier molecular flexibility index (Phi) is 2.55. The predicted octanol–water partition coefficient (Wildman–Crippen LogP) is 0.224. The zero-order valence-electron chi connectivity index (χ0n) is 13.9. The molecule has 3 aliphatic carbocycles. The van der Waals surface area contributed by atoms with E-state index in [-0.39, 0.29) is 17.6 Å². The monoisotopic (exact) mass is 342 g/mol. The minimum absolute atomic E-state index is 0.220. The van der Waals surface area contributed by atoms with Gasteiger partial charge in [-0.15, -0.1) is 0 Å². The van der Waals surface area contributed by atoms with Gasteiger partial charge in [0.1, 0.15) is 17.1 Å². The summed E-state index contributed by atoms with van der Waals surface area (Å²) in [5.41, 5.74) is -1.45. The lowest BCUT2D eigenvalue weighted by Gasteiger charge is -2.62. The molecule has 2 saturated heterocycles. The van der Waals surface area contributed by atoms with Crippen LogP contribution in [0.25, 0.3) is 0 Å². The second-order valence-electron chi connectivity index (χ2n) is 7.88. The molecule has 130 valence electrons. The van der Waals surface area contributed by atoms with Gasteiger partial charge in [0, 0.05) is 11.5 Å². The molecule has 6 heteroatoms. The fourth-order valence-corrected chi connectivity index (χ4v) is 5.95. The minimum Gasteiger partial charge on any atom is -0.458 e. The number of ether oxygens (including phenoxy) is 1.